The van der Waals surface area contributed by atoms with Crippen LogP contribution < -0.4 is 20.5 Å². The number of pyridine rings is 1. The first-order valence-electron chi connectivity index (χ1n) is 7.77. The number of aromatic nitrogens is 1. The molecule has 0 fully saturated rings. The number of hydrogen-bond acceptors (Lipinski definition) is 5. The molecule has 0 spiro atoms. The number of amides is 1. The lowest BCUT2D eigenvalue weighted by molar-refractivity contribution is -0.122. The molecule has 0 radical (unpaired) electrons. The van der Waals surface area contributed by atoms with E-state index in [1.807, 2.05) is 37.3 Å². The molecule has 0 bridgehead atoms. The van der Waals surface area contributed by atoms with Crippen molar-refractivity contribution in [3.63, 3.8) is 0 Å². The molecule has 0 aliphatic carbocycles. The summed E-state index contributed by atoms with van der Waals surface area (Å²) in [4.78, 5) is 15.7. The summed E-state index contributed by atoms with van der Waals surface area (Å²) in [6.07, 6.45) is 3.45. The molecule has 24 heavy (non-hydrogen) atoms. The zero-order chi connectivity index (χ0) is 17.5. The van der Waals surface area contributed by atoms with Crippen LogP contribution >= 0.6 is 0 Å². The third kappa shape index (κ3) is 4.70. The largest absolute Gasteiger partial charge is 0.493 e. The van der Waals surface area contributed by atoms with Crippen molar-refractivity contribution in [1.82, 2.24) is 10.3 Å². The lowest BCUT2D eigenvalue weighted by atomic mass is 10.1. The molecule has 1 aromatic carbocycles. The normalized spacial score (nSPS) is 13.0. The number of methoxy groups -OCH3 is 1. The van der Waals surface area contributed by atoms with E-state index in [-0.39, 0.29) is 11.9 Å². The number of rotatable bonds is 7. The van der Waals surface area contributed by atoms with Gasteiger partial charge in [0.25, 0.3) is 0 Å². The van der Waals surface area contributed by atoms with Crippen LogP contribution in [0, 0.1) is 0 Å². The molecule has 1 heterocycles. The maximum Gasteiger partial charge on any atom is 0.237 e. The number of nitrogens with two attached hydrogens (primary N) is 1. The van der Waals surface area contributed by atoms with E-state index in [2.05, 4.69) is 10.3 Å². The summed E-state index contributed by atoms with van der Waals surface area (Å²) in [5.74, 6) is 1.06. The third-order valence-electron chi connectivity index (χ3n) is 3.60. The third-order valence-corrected chi connectivity index (χ3v) is 3.60. The second-order valence-corrected chi connectivity index (χ2v) is 5.57. The van der Waals surface area contributed by atoms with Crippen LogP contribution in [0.25, 0.3) is 0 Å². The van der Waals surface area contributed by atoms with E-state index in [4.69, 9.17) is 15.2 Å². The molecule has 6 heteroatoms. The highest BCUT2D eigenvalue weighted by Crippen LogP contribution is 2.31. The second kappa shape index (κ2) is 8.31. The number of benzene rings is 1. The van der Waals surface area contributed by atoms with Gasteiger partial charge in [0.05, 0.1) is 19.2 Å². The van der Waals surface area contributed by atoms with E-state index in [0.717, 1.165) is 11.1 Å². The standard InChI is InChI=1S/C18H23N3O3/c1-12(19)18(22)21-13(2)15-4-5-16(17(10-15)23-3)24-11-14-6-8-20-9-7-14/h4-10,12-13H,11,19H2,1-3H3,(H,21,22)/t12-,13?/m1/s1. The number of hydrogen-bond donors (Lipinski definition) is 2. The predicted molar refractivity (Wildman–Crippen MR) is 91.8 cm³/mol. The first-order valence-corrected chi connectivity index (χ1v) is 7.77. The Morgan fingerprint density at radius 2 is 1.92 bits per heavy atom. The van der Waals surface area contributed by atoms with Gasteiger partial charge in [0.1, 0.15) is 6.61 Å². The quantitative estimate of drug-likeness (QED) is 0.813. The van der Waals surface area contributed by atoms with Crippen LogP contribution in [-0.4, -0.2) is 24.0 Å². The summed E-state index contributed by atoms with van der Waals surface area (Å²) in [6, 6.07) is 8.66. The predicted octanol–water partition coefficient (Wildman–Crippen LogP) is 2.19. The molecule has 1 unspecified atom stereocenters. The summed E-state index contributed by atoms with van der Waals surface area (Å²) in [5, 5.41) is 2.86. The highest BCUT2D eigenvalue weighted by atomic mass is 16.5. The fourth-order valence-corrected chi connectivity index (χ4v) is 2.14. The van der Waals surface area contributed by atoms with E-state index in [9.17, 15) is 4.79 Å². The summed E-state index contributed by atoms with van der Waals surface area (Å²) in [7, 11) is 1.59. The van der Waals surface area contributed by atoms with E-state index in [1.54, 1.807) is 26.4 Å². The Balaban J connectivity index is 2.08. The van der Waals surface area contributed by atoms with E-state index in [0.29, 0.717) is 18.1 Å². The van der Waals surface area contributed by atoms with Crippen molar-refractivity contribution in [1.29, 1.82) is 0 Å². The summed E-state index contributed by atoms with van der Waals surface area (Å²) in [5.41, 5.74) is 7.51. The highest BCUT2D eigenvalue weighted by molar-refractivity contribution is 5.81. The number of nitrogens with one attached hydrogen (secondary N) is 1. The first kappa shape index (κ1) is 17.7. The van der Waals surface area contributed by atoms with Gasteiger partial charge >= 0.3 is 0 Å². The van der Waals surface area contributed by atoms with Crippen molar-refractivity contribution in [2.24, 2.45) is 5.73 Å². The van der Waals surface area contributed by atoms with Crippen LogP contribution in [0.1, 0.15) is 31.0 Å². The van der Waals surface area contributed by atoms with Gasteiger partial charge in [0.2, 0.25) is 5.91 Å². The van der Waals surface area contributed by atoms with Crippen molar-refractivity contribution < 1.29 is 14.3 Å². The molecular weight excluding hydrogens is 306 g/mol. The Kier molecular flexibility index (Phi) is 6.14. The fourth-order valence-electron chi connectivity index (χ4n) is 2.14. The van der Waals surface area contributed by atoms with Crippen LogP contribution in [-0.2, 0) is 11.4 Å². The molecule has 1 amide bonds. The van der Waals surface area contributed by atoms with Crippen molar-refractivity contribution >= 4 is 5.91 Å². The number of carbonyl (C=O) groups is 1. The molecule has 2 atom stereocenters. The highest BCUT2D eigenvalue weighted by Gasteiger charge is 2.15. The molecule has 2 aromatic rings. The Morgan fingerprint density at radius 1 is 1.21 bits per heavy atom. The smallest absolute Gasteiger partial charge is 0.237 e. The summed E-state index contributed by atoms with van der Waals surface area (Å²) >= 11 is 0. The van der Waals surface area contributed by atoms with E-state index >= 15 is 0 Å². The molecule has 0 saturated carbocycles. The van der Waals surface area contributed by atoms with Gasteiger partial charge < -0.3 is 20.5 Å². The van der Waals surface area contributed by atoms with Crippen LogP contribution in [0.4, 0.5) is 0 Å². The molecule has 2 rings (SSSR count). The molecule has 128 valence electrons. The van der Waals surface area contributed by atoms with Gasteiger partial charge in [-0.25, -0.2) is 0 Å². The molecule has 6 nitrogen and oxygen atoms in total. The maximum atomic E-state index is 11.7. The monoisotopic (exact) mass is 329 g/mol. The van der Waals surface area contributed by atoms with Crippen molar-refractivity contribution in [2.75, 3.05) is 7.11 Å². The molecule has 0 aliphatic rings. The second-order valence-electron chi connectivity index (χ2n) is 5.57. The van der Waals surface area contributed by atoms with Crippen LogP contribution in [0.15, 0.2) is 42.7 Å². The number of nitrogens with zero attached hydrogens (tertiary/aromatic N) is 1. The van der Waals surface area contributed by atoms with Crippen LogP contribution in [0.3, 0.4) is 0 Å². The number of ether oxygens (including phenoxy) is 2. The fraction of sp³-hybridized carbons (Fsp3) is 0.333. The minimum atomic E-state index is -0.544. The van der Waals surface area contributed by atoms with E-state index in [1.165, 1.54) is 0 Å². The Morgan fingerprint density at radius 3 is 2.54 bits per heavy atom. The van der Waals surface area contributed by atoms with Gasteiger partial charge in [-0.2, -0.15) is 0 Å². The maximum absolute atomic E-state index is 11.7. The number of carbonyl (C=O) groups excluding carboxylic acids is 1. The first-order chi connectivity index (χ1) is 11.5. The topological polar surface area (TPSA) is 86.5 Å². The van der Waals surface area contributed by atoms with Gasteiger partial charge in [-0.3, -0.25) is 9.78 Å². The zero-order valence-electron chi connectivity index (χ0n) is 14.2. The average Bonchev–Trinajstić information content (AvgIpc) is 2.60. The van der Waals surface area contributed by atoms with Gasteiger partial charge in [-0.1, -0.05) is 6.07 Å². The van der Waals surface area contributed by atoms with Crippen molar-refractivity contribution in [3.05, 3.63) is 53.9 Å². The average molecular weight is 329 g/mol. The lowest BCUT2D eigenvalue weighted by Crippen LogP contribution is -2.39. The lowest BCUT2D eigenvalue weighted by Gasteiger charge is -2.18. The minimum absolute atomic E-state index is 0.174. The van der Waals surface area contributed by atoms with Gasteiger partial charge in [0, 0.05) is 12.4 Å². The summed E-state index contributed by atoms with van der Waals surface area (Å²) < 4.78 is 11.2. The van der Waals surface area contributed by atoms with Crippen LogP contribution in [0.2, 0.25) is 0 Å². The SMILES string of the molecule is COc1cc(C(C)NC(=O)[C@@H](C)N)ccc1OCc1ccncc1. The molecule has 0 saturated heterocycles. The van der Waals surface area contributed by atoms with Crippen molar-refractivity contribution in [3.8, 4) is 11.5 Å². The molecule has 1 aromatic heterocycles. The Labute approximate surface area is 142 Å². The van der Waals surface area contributed by atoms with Gasteiger partial charge in [-0.15, -0.1) is 0 Å². The van der Waals surface area contributed by atoms with Crippen LogP contribution in [0.5, 0.6) is 11.5 Å². The zero-order valence-corrected chi connectivity index (χ0v) is 14.2. The van der Waals surface area contributed by atoms with Gasteiger partial charge in [0.15, 0.2) is 11.5 Å². The van der Waals surface area contributed by atoms with Crippen molar-refractivity contribution in [2.45, 2.75) is 32.5 Å². The van der Waals surface area contributed by atoms with E-state index < -0.39 is 6.04 Å². The molecular formula is C18H23N3O3. The molecule has 0 aliphatic heterocycles. The Hall–Kier alpha value is -2.60. The summed E-state index contributed by atoms with van der Waals surface area (Å²) in [6.45, 7) is 3.97. The Bertz CT molecular complexity index is 674. The minimum Gasteiger partial charge on any atom is -0.493 e. The van der Waals surface area contributed by atoms with Gasteiger partial charge in [-0.05, 0) is 49.2 Å². The molecule has 3 N–H and O–H groups in total.